The summed E-state index contributed by atoms with van der Waals surface area (Å²) in [6.07, 6.45) is -7.48. The lowest BCUT2D eigenvalue weighted by molar-refractivity contribution is -0.216. The number of sulfonamides is 1. The van der Waals surface area contributed by atoms with Gasteiger partial charge in [-0.15, -0.1) is 0 Å². The topological polar surface area (TPSA) is 78.9 Å². The summed E-state index contributed by atoms with van der Waals surface area (Å²) in [7, 11) is -4.23. The van der Waals surface area contributed by atoms with E-state index in [0.717, 1.165) is 0 Å². The Morgan fingerprint density at radius 1 is 1.26 bits per heavy atom. The number of aliphatic hydroxyl groups is 1. The van der Waals surface area contributed by atoms with Crippen LogP contribution in [-0.2, 0) is 14.8 Å². The number of hydrogen-bond donors (Lipinski definition) is 2. The Morgan fingerprint density at radius 3 is 2.26 bits per heavy atom. The molecule has 6 nitrogen and oxygen atoms in total. The molecule has 1 heterocycles. The molecule has 178 valence electrons. The minimum atomic E-state index is -4.70. The monoisotopic (exact) mass is 486 g/mol. The van der Waals surface area contributed by atoms with Crippen molar-refractivity contribution in [1.82, 2.24) is 4.72 Å². The number of nitrogens with one attached hydrogen (secondary N) is 1. The summed E-state index contributed by atoms with van der Waals surface area (Å²) < 4.78 is 70.5. The highest BCUT2D eigenvalue weighted by Crippen LogP contribution is 2.43. The normalized spacial score (nSPS) is 20.6. The van der Waals surface area contributed by atoms with Crippen LogP contribution in [0.5, 0.6) is 0 Å². The zero-order valence-corrected chi connectivity index (χ0v) is 19.8. The Kier molecular flexibility index (Phi) is 7.65. The highest BCUT2D eigenvalue weighted by Gasteiger charge is 2.46. The summed E-state index contributed by atoms with van der Waals surface area (Å²) in [5.74, 6) is 0. The van der Waals surface area contributed by atoms with Crippen molar-refractivity contribution < 1.29 is 31.4 Å². The summed E-state index contributed by atoms with van der Waals surface area (Å²) in [5, 5.41) is 10.8. The van der Waals surface area contributed by atoms with Crippen molar-refractivity contribution >= 4 is 27.3 Å². The average Bonchev–Trinajstić information content (AvgIpc) is 2.61. The van der Waals surface area contributed by atoms with Crippen molar-refractivity contribution in [2.45, 2.75) is 57.9 Å². The molecule has 0 saturated carbocycles. The molecule has 2 N–H and O–H groups in total. The molecular weight excluding hydrogens is 457 g/mol. The van der Waals surface area contributed by atoms with Gasteiger partial charge in [-0.05, 0) is 25.1 Å². The van der Waals surface area contributed by atoms with Crippen molar-refractivity contribution in [3.05, 3.63) is 23.2 Å². The maximum atomic E-state index is 13.0. The molecule has 0 aromatic heterocycles. The zero-order chi connectivity index (χ0) is 23.8. The molecule has 1 atom stereocenters. The average molecular weight is 487 g/mol. The highest BCUT2D eigenvalue weighted by atomic mass is 35.5. The Bertz CT molecular complexity index is 873. The third-order valence-corrected chi connectivity index (χ3v) is 7.16. The zero-order valence-electron chi connectivity index (χ0n) is 18.3. The highest BCUT2D eigenvalue weighted by molar-refractivity contribution is 7.89. The Morgan fingerprint density at radius 2 is 1.81 bits per heavy atom. The first-order chi connectivity index (χ1) is 14.0. The van der Waals surface area contributed by atoms with Crippen LogP contribution < -0.4 is 9.62 Å². The summed E-state index contributed by atoms with van der Waals surface area (Å²) in [6, 6.07) is 4.05. The molecule has 1 aliphatic rings. The van der Waals surface area contributed by atoms with E-state index in [0.29, 0.717) is 18.8 Å². The third kappa shape index (κ3) is 6.04. The number of ether oxygens (including phenoxy) is 1. The van der Waals surface area contributed by atoms with Gasteiger partial charge in [0, 0.05) is 37.1 Å². The van der Waals surface area contributed by atoms with E-state index >= 15 is 0 Å². The molecule has 0 amide bonds. The third-order valence-electron chi connectivity index (χ3n) is 5.44. The van der Waals surface area contributed by atoms with Crippen LogP contribution in [0.3, 0.4) is 0 Å². The lowest BCUT2D eigenvalue weighted by Gasteiger charge is -2.51. The smallest absolute Gasteiger partial charge is 0.392 e. The second-order valence-electron chi connectivity index (χ2n) is 9.19. The van der Waals surface area contributed by atoms with E-state index < -0.39 is 45.8 Å². The van der Waals surface area contributed by atoms with Crippen LogP contribution in [0.4, 0.5) is 18.9 Å². The van der Waals surface area contributed by atoms with E-state index in [4.69, 9.17) is 11.6 Å². The number of halogens is 4. The minimum absolute atomic E-state index is 0.156. The largest absolute Gasteiger partial charge is 0.415 e. The summed E-state index contributed by atoms with van der Waals surface area (Å²) in [6.45, 7) is 9.03. The van der Waals surface area contributed by atoms with Gasteiger partial charge >= 0.3 is 6.18 Å². The molecule has 0 radical (unpaired) electrons. The van der Waals surface area contributed by atoms with Gasteiger partial charge in [-0.25, -0.2) is 13.1 Å². The number of anilines is 1. The van der Waals surface area contributed by atoms with Crippen LogP contribution in [0.25, 0.3) is 0 Å². The van der Waals surface area contributed by atoms with Crippen molar-refractivity contribution in [1.29, 1.82) is 0 Å². The second-order valence-corrected chi connectivity index (χ2v) is 11.4. The van der Waals surface area contributed by atoms with E-state index in [1.165, 1.54) is 25.1 Å². The van der Waals surface area contributed by atoms with E-state index in [2.05, 4.69) is 4.74 Å². The number of alkyl halides is 3. The first-order valence-electron chi connectivity index (χ1n) is 9.92. The maximum absolute atomic E-state index is 13.0. The van der Waals surface area contributed by atoms with Gasteiger partial charge in [-0.2, -0.15) is 13.2 Å². The molecule has 1 aliphatic heterocycles. The molecule has 0 spiro atoms. The molecule has 1 saturated heterocycles. The van der Waals surface area contributed by atoms with E-state index in [1.807, 2.05) is 37.3 Å². The number of piperidine rings is 1. The summed E-state index contributed by atoms with van der Waals surface area (Å²) in [4.78, 5) is 1.74. The van der Waals surface area contributed by atoms with E-state index in [1.54, 1.807) is 0 Å². The lowest BCUT2D eigenvalue weighted by Crippen LogP contribution is -2.58. The molecule has 1 aromatic carbocycles. The van der Waals surface area contributed by atoms with E-state index in [9.17, 15) is 26.7 Å². The van der Waals surface area contributed by atoms with Crippen molar-refractivity contribution in [3.63, 3.8) is 0 Å². The lowest BCUT2D eigenvalue weighted by atomic mass is 9.68. The number of aliphatic hydroxyl groups excluding tert-OH is 1. The molecule has 0 aliphatic carbocycles. The number of hydrogen-bond acceptors (Lipinski definition) is 5. The van der Waals surface area contributed by atoms with Crippen LogP contribution in [0.2, 0.25) is 5.02 Å². The Labute approximate surface area is 186 Å². The summed E-state index contributed by atoms with van der Waals surface area (Å²) >= 11 is 6.38. The second kappa shape index (κ2) is 9.05. The molecule has 2 rings (SSSR count). The van der Waals surface area contributed by atoms with Crippen LogP contribution >= 0.6 is 11.6 Å². The molecule has 1 fully saturated rings. The first kappa shape index (κ1) is 26.2. The summed E-state index contributed by atoms with van der Waals surface area (Å²) in [5.41, 5.74) is -0.261. The van der Waals surface area contributed by atoms with Crippen LogP contribution in [-0.4, -0.2) is 58.1 Å². The van der Waals surface area contributed by atoms with Gasteiger partial charge in [0.2, 0.25) is 10.0 Å². The fourth-order valence-corrected chi connectivity index (χ4v) is 5.51. The SMILES string of the molecule is CCOC(CNS(=O)(=O)c1ccc(N2CC(C)(C)C(O)C(C)(C)C2)c(Cl)c1)C(F)(F)F. The van der Waals surface area contributed by atoms with Crippen molar-refractivity contribution in [3.8, 4) is 0 Å². The predicted molar refractivity (Wildman–Crippen MR) is 114 cm³/mol. The Hall–Kier alpha value is -1.07. The van der Waals surface area contributed by atoms with Gasteiger partial charge < -0.3 is 14.7 Å². The van der Waals surface area contributed by atoms with Gasteiger partial charge in [-0.1, -0.05) is 39.3 Å². The quantitative estimate of drug-likeness (QED) is 0.612. The molecule has 31 heavy (non-hydrogen) atoms. The predicted octanol–water partition coefficient (Wildman–Crippen LogP) is 3.82. The first-order valence-corrected chi connectivity index (χ1v) is 11.8. The van der Waals surface area contributed by atoms with Crippen molar-refractivity contribution in [2.75, 3.05) is 31.1 Å². The van der Waals surface area contributed by atoms with Gasteiger partial charge in [0.15, 0.2) is 6.10 Å². The van der Waals surface area contributed by atoms with Gasteiger partial charge in [0.1, 0.15) is 0 Å². The fourth-order valence-electron chi connectivity index (χ4n) is 4.09. The Balaban J connectivity index is 2.23. The molecule has 1 unspecified atom stereocenters. The molecule has 11 heteroatoms. The van der Waals surface area contributed by atoms with Gasteiger partial charge in [0.25, 0.3) is 0 Å². The van der Waals surface area contributed by atoms with Crippen LogP contribution in [0.1, 0.15) is 34.6 Å². The number of benzene rings is 1. The van der Waals surface area contributed by atoms with E-state index in [-0.39, 0.29) is 16.5 Å². The fraction of sp³-hybridized carbons (Fsp3) is 0.700. The van der Waals surface area contributed by atoms with Crippen molar-refractivity contribution in [2.24, 2.45) is 10.8 Å². The minimum Gasteiger partial charge on any atom is -0.392 e. The molecule has 1 aromatic rings. The van der Waals surface area contributed by atoms with Crippen LogP contribution in [0, 0.1) is 10.8 Å². The van der Waals surface area contributed by atoms with Crippen LogP contribution in [0.15, 0.2) is 23.1 Å². The van der Waals surface area contributed by atoms with Gasteiger partial charge in [-0.3, -0.25) is 0 Å². The number of nitrogens with zero attached hydrogens (tertiary/aromatic N) is 1. The maximum Gasteiger partial charge on any atom is 0.415 e. The standard InChI is InChI=1S/C20H30ClF3N2O4S/c1-6-30-16(20(22,23)24)10-25-31(28,29)13-7-8-15(14(21)9-13)26-11-18(2,3)17(27)19(4,5)12-26/h7-9,16-17,25,27H,6,10-12H2,1-5H3. The number of rotatable bonds is 7. The van der Waals surface area contributed by atoms with Gasteiger partial charge in [0.05, 0.1) is 21.7 Å². The molecular formula is C20H30ClF3N2O4S. The molecule has 0 bridgehead atoms.